The highest BCUT2D eigenvalue weighted by Gasteiger charge is 2.20. The van der Waals surface area contributed by atoms with Crippen LogP contribution in [0.25, 0.3) is 10.9 Å². The van der Waals surface area contributed by atoms with Crippen molar-refractivity contribution in [3.8, 4) is 0 Å². The Kier molecular flexibility index (Phi) is 5.34. The molecule has 1 aromatic heterocycles. The smallest absolute Gasteiger partial charge is 0.222 e. The number of hydrogen-bond donors (Lipinski definition) is 1. The zero-order valence-electron chi connectivity index (χ0n) is 14.1. The largest absolute Gasteiger partial charge is 0.361 e. The lowest BCUT2D eigenvalue weighted by molar-refractivity contribution is -0.133. The van der Waals surface area contributed by atoms with E-state index in [0.29, 0.717) is 12.3 Å². The number of benzene rings is 1. The van der Waals surface area contributed by atoms with Gasteiger partial charge in [-0.3, -0.25) is 9.69 Å². The number of hydrogen-bond acceptors (Lipinski definition) is 2. The summed E-state index contributed by atoms with van der Waals surface area (Å²) in [7, 11) is 0. The summed E-state index contributed by atoms with van der Waals surface area (Å²) in [5.74, 6) is 0.336. The van der Waals surface area contributed by atoms with Gasteiger partial charge in [0.1, 0.15) is 0 Å². The number of carbonyl (C=O) groups is 1. The summed E-state index contributed by atoms with van der Waals surface area (Å²) in [5, 5.41) is 1.33. The van der Waals surface area contributed by atoms with Gasteiger partial charge in [-0.05, 0) is 24.5 Å². The van der Waals surface area contributed by atoms with Crippen LogP contribution in [-0.2, 0) is 11.2 Å². The van der Waals surface area contributed by atoms with Gasteiger partial charge >= 0.3 is 0 Å². The lowest BCUT2D eigenvalue weighted by Crippen LogP contribution is -2.49. The summed E-state index contributed by atoms with van der Waals surface area (Å²) in [4.78, 5) is 19.9. The molecule has 0 aliphatic carbocycles. The Morgan fingerprint density at radius 1 is 1.17 bits per heavy atom. The molecule has 0 radical (unpaired) electrons. The highest BCUT2D eigenvalue weighted by Crippen LogP contribution is 2.18. The van der Waals surface area contributed by atoms with Crippen LogP contribution < -0.4 is 0 Å². The molecular formula is C19H27N3O. The molecule has 0 spiro atoms. The maximum atomic E-state index is 12.1. The molecule has 4 nitrogen and oxygen atoms in total. The average molecular weight is 313 g/mol. The van der Waals surface area contributed by atoms with E-state index in [1.54, 1.807) is 0 Å². The highest BCUT2D eigenvalue weighted by molar-refractivity contribution is 5.83. The summed E-state index contributed by atoms with van der Waals surface area (Å²) in [5.41, 5.74) is 2.61. The van der Waals surface area contributed by atoms with E-state index in [-0.39, 0.29) is 0 Å². The SMILES string of the molecule is CCCCC(=O)N1CCN(CCc2c[nH]c3ccccc23)CC1. The minimum absolute atomic E-state index is 0.336. The first kappa shape index (κ1) is 16.1. The van der Waals surface area contributed by atoms with E-state index in [2.05, 4.69) is 47.3 Å². The minimum atomic E-state index is 0.336. The van der Waals surface area contributed by atoms with Crippen molar-refractivity contribution in [3.05, 3.63) is 36.0 Å². The number of nitrogens with one attached hydrogen (secondary N) is 1. The van der Waals surface area contributed by atoms with Crippen LogP contribution in [0.3, 0.4) is 0 Å². The quantitative estimate of drug-likeness (QED) is 0.890. The molecule has 1 aliphatic heterocycles. The van der Waals surface area contributed by atoms with Gasteiger partial charge in [0.15, 0.2) is 0 Å². The van der Waals surface area contributed by atoms with Crippen LogP contribution >= 0.6 is 0 Å². The molecule has 2 heterocycles. The van der Waals surface area contributed by atoms with Crippen LogP contribution in [0, 0.1) is 0 Å². The molecule has 0 bridgehead atoms. The minimum Gasteiger partial charge on any atom is -0.361 e. The molecule has 0 saturated carbocycles. The van der Waals surface area contributed by atoms with Crippen molar-refractivity contribution in [2.75, 3.05) is 32.7 Å². The second-order valence-corrected chi connectivity index (χ2v) is 6.44. The van der Waals surface area contributed by atoms with Crippen molar-refractivity contribution in [3.63, 3.8) is 0 Å². The van der Waals surface area contributed by atoms with E-state index >= 15 is 0 Å². The third-order valence-corrected chi connectivity index (χ3v) is 4.84. The van der Waals surface area contributed by atoms with E-state index in [4.69, 9.17) is 0 Å². The fourth-order valence-electron chi connectivity index (χ4n) is 3.32. The first-order chi connectivity index (χ1) is 11.3. The van der Waals surface area contributed by atoms with Gasteiger partial charge in [-0.1, -0.05) is 31.5 Å². The van der Waals surface area contributed by atoms with Gasteiger partial charge in [0.05, 0.1) is 0 Å². The lowest BCUT2D eigenvalue weighted by Gasteiger charge is -2.34. The molecule has 1 fully saturated rings. The molecular weight excluding hydrogens is 286 g/mol. The monoisotopic (exact) mass is 313 g/mol. The summed E-state index contributed by atoms with van der Waals surface area (Å²) in [6.45, 7) is 6.97. The summed E-state index contributed by atoms with van der Waals surface area (Å²) in [6, 6.07) is 8.47. The molecule has 1 aliphatic rings. The number of aromatic nitrogens is 1. The Bertz CT molecular complexity index is 641. The first-order valence-corrected chi connectivity index (χ1v) is 8.83. The fourth-order valence-corrected chi connectivity index (χ4v) is 3.32. The number of piperazine rings is 1. The van der Waals surface area contributed by atoms with Crippen molar-refractivity contribution in [1.29, 1.82) is 0 Å². The van der Waals surface area contributed by atoms with E-state index in [0.717, 1.165) is 52.0 Å². The highest BCUT2D eigenvalue weighted by atomic mass is 16.2. The molecule has 2 aromatic rings. The van der Waals surface area contributed by atoms with Crippen molar-refractivity contribution in [1.82, 2.24) is 14.8 Å². The molecule has 1 aromatic carbocycles. The topological polar surface area (TPSA) is 39.3 Å². The number of carbonyl (C=O) groups excluding carboxylic acids is 1. The second kappa shape index (κ2) is 7.64. The Labute approximate surface area is 138 Å². The van der Waals surface area contributed by atoms with Crippen LogP contribution in [0.2, 0.25) is 0 Å². The number of aromatic amines is 1. The molecule has 0 atom stereocenters. The van der Waals surface area contributed by atoms with Crippen molar-refractivity contribution < 1.29 is 4.79 Å². The molecule has 4 heteroatoms. The predicted octanol–water partition coefficient (Wildman–Crippen LogP) is 3.04. The predicted molar refractivity (Wildman–Crippen MR) is 94.5 cm³/mol. The molecule has 1 N–H and O–H groups in total. The van der Waals surface area contributed by atoms with Gasteiger partial charge in [0.25, 0.3) is 0 Å². The van der Waals surface area contributed by atoms with Gasteiger partial charge in [-0.15, -0.1) is 0 Å². The maximum Gasteiger partial charge on any atom is 0.222 e. The van der Waals surface area contributed by atoms with Crippen molar-refractivity contribution >= 4 is 16.8 Å². The van der Waals surface area contributed by atoms with Crippen LogP contribution in [0.4, 0.5) is 0 Å². The number of H-pyrrole nitrogens is 1. The van der Waals surface area contributed by atoms with Gasteiger partial charge < -0.3 is 9.88 Å². The number of fused-ring (bicyclic) bond motifs is 1. The Morgan fingerprint density at radius 3 is 2.74 bits per heavy atom. The van der Waals surface area contributed by atoms with E-state index in [9.17, 15) is 4.79 Å². The number of nitrogens with zero attached hydrogens (tertiary/aromatic N) is 2. The van der Waals surface area contributed by atoms with Crippen molar-refractivity contribution in [2.45, 2.75) is 32.6 Å². The first-order valence-electron chi connectivity index (χ1n) is 8.83. The summed E-state index contributed by atoms with van der Waals surface area (Å²) >= 11 is 0. The van der Waals surface area contributed by atoms with Gasteiger partial charge in [0.2, 0.25) is 5.91 Å². The molecule has 23 heavy (non-hydrogen) atoms. The van der Waals surface area contributed by atoms with Crippen LogP contribution in [-0.4, -0.2) is 53.4 Å². The van der Waals surface area contributed by atoms with Crippen molar-refractivity contribution in [2.24, 2.45) is 0 Å². The number of unbranched alkanes of at least 4 members (excludes halogenated alkanes) is 1. The zero-order valence-corrected chi connectivity index (χ0v) is 14.1. The summed E-state index contributed by atoms with van der Waals surface area (Å²) < 4.78 is 0. The van der Waals surface area contributed by atoms with Crippen LogP contribution in [0.1, 0.15) is 31.7 Å². The lowest BCUT2D eigenvalue weighted by atomic mass is 10.1. The number of rotatable bonds is 6. The van der Waals surface area contributed by atoms with Gasteiger partial charge in [-0.2, -0.15) is 0 Å². The van der Waals surface area contributed by atoms with E-state index in [1.807, 2.05) is 4.90 Å². The Balaban J connectivity index is 1.47. The number of amides is 1. The molecule has 124 valence electrons. The van der Waals surface area contributed by atoms with Crippen LogP contribution in [0.5, 0.6) is 0 Å². The normalized spacial score (nSPS) is 16.1. The average Bonchev–Trinajstić information content (AvgIpc) is 3.01. The Hall–Kier alpha value is -1.81. The standard InChI is InChI=1S/C19H27N3O/c1-2-3-8-19(23)22-13-11-21(12-14-22)10-9-16-15-20-18-7-5-4-6-17(16)18/h4-7,15,20H,2-3,8-14H2,1H3. The third-order valence-electron chi connectivity index (χ3n) is 4.84. The van der Waals surface area contributed by atoms with Gasteiger partial charge in [0, 0.05) is 56.2 Å². The van der Waals surface area contributed by atoms with Crippen LogP contribution in [0.15, 0.2) is 30.5 Å². The second-order valence-electron chi connectivity index (χ2n) is 6.44. The zero-order chi connectivity index (χ0) is 16.1. The van der Waals surface area contributed by atoms with Gasteiger partial charge in [-0.25, -0.2) is 0 Å². The molecule has 1 saturated heterocycles. The molecule has 3 rings (SSSR count). The van der Waals surface area contributed by atoms with E-state index in [1.165, 1.54) is 16.5 Å². The third kappa shape index (κ3) is 3.94. The molecule has 0 unspecified atom stereocenters. The molecule has 1 amide bonds. The maximum absolute atomic E-state index is 12.1. The summed E-state index contributed by atoms with van der Waals surface area (Å²) in [6.07, 6.45) is 6.02. The Morgan fingerprint density at radius 2 is 1.96 bits per heavy atom. The fraction of sp³-hybridized carbons (Fsp3) is 0.526. The van der Waals surface area contributed by atoms with E-state index < -0.39 is 0 Å². The number of para-hydroxylation sites is 1.